The number of nitrogens with two attached hydrogens (primary N) is 1. The average molecular weight is 342 g/mol. The Morgan fingerprint density at radius 1 is 1.20 bits per heavy atom. The third-order valence-electron chi connectivity index (χ3n) is 4.26. The van der Waals surface area contributed by atoms with Crippen LogP contribution in [0, 0.1) is 5.92 Å². The summed E-state index contributed by atoms with van der Waals surface area (Å²) in [4.78, 5) is 0. The second-order valence-electron chi connectivity index (χ2n) is 5.56. The molecule has 1 aliphatic carbocycles. The fourth-order valence-electron chi connectivity index (χ4n) is 3.04. The van der Waals surface area contributed by atoms with Crippen molar-refractivity contribution < 1.29 is 9.47 Å². The maximum absolute atomic E-state index is 6.37. The molecule has 0 radical (unpaired) electrons. The van der Waals surface area contributed by atoms with Crippen LogP contribution in [-0.4, -0.2) is 14.2 Å². The molecule has 1 unspecified atom stereocenters. The lowest BCUT2D eigenvalue weighted by atomic mass is 9.95. The van der Waals surface area contributed by atoms with Gasteiger partial charge in [0.25, 0.3) is 0 Å². The van der Waals surface area contributed by atoms with Gasteiger partial charge < -0.3 is 15.2 Å². The van der Waals surface area contributed by atoms with Gasteiger partial charge in [-0.05, 0) is 46.8 Å². The molecule has 0 saturated heterocycles. The van der Waals surface area contributed by atoms with Crippen molar-refractivity contribution >= 4 is 15.9 Å². The zero-order valence-electron chi connectivity index (χ0n) is 12.3. The SMILES string of the molecule is COc1cc(C(N)CCC2CCCC2)c(OC)cc1Br. The topological polar surface area (TPSA) is 44.5 Å². The van der Waals surface area contributed by atoms with E-state index in [1.165, 1.54) is 32.1 Å². The molecule has 20 heavy (non-hydrogen) atoms. The lowest BCUT2D eigenvalue weighted by Crippen LogP contribution is -2.13. The first-order valence-electron chi connectivity index (χ1n) is 7.32. The van der Waals surface area contributed by atoms with Gasteiger partial charge in [-0.3, -0.25) is 0 Å². The number of hydrogen-bond donors (Lipinski definition) is 1. The van der Waals surface area contributed by atoms with Crippen molar-refractivity contribution in [3.8, 4) is 11.5 Å². The molecule has 0 aromatic heterocycles. The van der Waals surface area contributed by atoms with Gasteiger partial charge >= 0.3 is 0 Å². The zero-order chi connectivity index (χ0) is 14.5. The molecule has 0 spiro atoms. The van der Waals surface area contributed by atoms with Gasteiger partial charge in [0.1, 0.15) is 11.5 Å². The van der Waals surface area contributed by atoms with Crippen LogP contribution in [0.4, 0.5) is 0 Å². The van der Waals surface area contributed by atoms with E-state index >= 15 is 0 Å². The largest absolute Gasteiger partial charge is 0.496 e. The number of methoxy groups -OCH3 is 2. The number of rotatable bonds is 6. The summed E-state index contributed by atoms with van der Waals surface area (Å²) in [5, 5.41) is 0. The van der Waals surface area contributed by atoms with Crippen molar-refractivity contribution in [3.63, 3.8) is 0 Å². The zero-order valence-corrected chi connectivity index (χ0v) is 13.9. The van der Waals surface area contributed by atoms with Gasteiger partial charge in [0.2, 0.25) is 0 Å². The summed E-state index contributed by atoms with van der Waals surface area (Å²) in [5.41, 5.74) is 7.41. The first kappa shape index (κ1) is 15.6. The Morgan fingerprint density at radius 3 is 2.45 bits per heavy atom. The number of hydrogen-bond acceptors (Lipinski definition) is 3. The quantitative estimate of drug-likeness (QED) is 0.831. The van der Waals surface area contributed by atoms with E-state index in [0.29, 0.717) is 0 Å². The molecule has 2 rings (SSSR count). The molecule has 0 heterocycles. The van der Waals surface area contributed by atoms with Crippen LogP contribution >= 0.6 is 15.9 Å². The lowest BCUT2D eigenvalue weighted by Gasteiger charge is -2.19. The molecule has 0 bridgehead atoms. The third-order valence-corrected chi connectivity index (χ3v) is 4.88. The van der Waals surface area contributed by atoms with E-state index in [2.05, 4.69) is 15.9 Å². The van der Waals surface area contributed by atoms with Crippen LogP contribution in [0.2, 0.25) is 0 Å². The van der Waals surface area contributed by atoms with Gasteiger partial charge in [0.15, 0.2) is 0 Å². The highest BCUT2D eigenvalue weighted by Gasteiger charge is 2.19. The van der Waals surface area contributed by atoms with Gasteiger partial charge in [0.05, 0.1) is 18.7 Å². The van der Waals surface area contributed by atoms with Crippen LogP contribution in [0.5, 0.6) is 11.5 Å². The highest BCUT2D eigenvalue weighted by Crippen LogP contribution is 2.37. The molecule has 2 N–H and O–H groups in total. The molecule has 1 fully saturated rings. The Labute approximate surface area is 130 Å². The van der Waals surface area contributed by atoms with Crippen molar-refractivity contribution in [2.24, 2.45) is 11.7 Å². The predicted molar refractivity (Wildman–Crippen MR) is 85.4 cm³/mol. The Hall–Kier alpha value is -0.740. The van der Waals surface area contributed by atoms with Crippen LogP contribution in [0.3, 0.4) is 0 Å². The van der Waals surface area contributed by atoms with E-state index in [0.717, 1.165) is 33.9 Å². The molecule has 4 heteroatoms. The van der Waals surface area contributed by atoms with Crippen LogP contribution in [-0.2, 0) is 0 Å². The first-order valence-corrected chi connectivity index (χ1v) is 8.12. The Kier molecular flexibility index (Phi) is 5.73. The smallest absolute Gasteiger partial charge is 0.133 e. The van der Waals surface area contributed by atoms with E-state index in [1.807, 2.05) is 12.1 Å². The van der Waals surface area contributed by atoms with Gasteiger partial charge in [-0.15, -0.1) is 0 Å². The molecule has 1 atom stereocenters. The van der Waals surface area contributed by atoms with E-state index in [4.69, 9.17) is 15.2 Å². The Bertz CT molecular complexity index is 444. The average Bonchev–Trinajstić information content (AvgIpc) is 2.97. The molecule has 112 valence electrons. The van der Waals surface area contributed by atoms with Crippen LogP contribution in [0.15, 0.2) is 16.6 Å². The van der Waals surface area contributed by atoms with Crippen molar-refractivity contribution in [3.05, 3.63) is 22.2 Å². The highest BCUT2D eigenvalue weighted by molar-refractivity contribution is 9.10. The second kappa shape index (κ2) is 7.32. The number of ether oxygens (including phenoxy) is 2. The van der Waals surface area contributed by atoms with Gasteiger partial charge in [-0.25, -0.2) is 0 Å². The van der Waals surface area contributed by atoms with Gasteiger partial charge in [-0.2, -0.15) is 0 Å². The fourth-order valence-corrected chi connectivity index (χ4v) is 3.53. The van der Waals surface area contributed by atoms with Gasteiger partial charge in [0, 0.05) is 11.6 Å². The maximum atomic E-state index is 6.37. The first-order chi connectivity index (χ1) is 9.65. The van der Waals surface area contributed by atoms with Crippen molar-refractivity contribution in [1.29, 1.82) is 0 Å². The molecule has 0 amide bonds. The van der Waals surface area contributed by atoms with Gasteiger partial charge in [-0.1, -0.05) is 25.7 Å². The molecule has 1 aromatic rings. The highest BCUT2D eigenvalue weighted by atomic mass is 79.9. The second-order valence-corrected chi connectivity index (χ2v) is 6.42. The Balaban J connectivity index is 2.08. The van der Waals surface area contributed by atoms with E-state index < -0.39 is 0 Å². The summed E-state index contributed by atoms with van der Waals surface area (Å²) in [7, 11) is 3.35. The van der Waals surface area contributed by atoms with Crippen LogP contribution in [0.1, 0.15) is 50.1 Å². The van der Waals surface area contributed by atoms with Crippen molar-refractivity contribution in [1.82, 2.24) is 0 Å². The molecule has 3 nitrogen and oxygen atoms in total. The molecular weight excluding hydrogens is 318 g/mol. The summed E-state index contributed by atoms with van der Waals surface area (Å²) in [6, 6.07) is 3.93. The monoisotopic (exact) mass is 341 g/mol. The predicted octanol–water partition coefficient (Wildman–Crippen LogP) is 4.44. The molecule has 1 aromatic carbocycles. The maximum Gasteiger partial charge on any atom is 0.133 e. The number of benzene rings is 1. The fraction of sp³-hybridized carbons (Fsp3) is 0.625. The van der Waals surface area contributed by atoms with Crippen LogP contribution in [0.25, 0.3) is 0 Å². The minimum atomic E-state index is 0.00699. The molecule has 1 saturated carbocycles. The van der Waals surface area contributed by atoms with Crippen molar-refractivity contribution in [2.45, 2.75) is 44.6 Å². The summed E-state index contributed by atoms with van der Waals surface area (Å²) >= 11 is 3.48. The normalized spacial score (nSPS) is 17.2. The number of halogens is 1. The van der Waals surface area contributed by atoms with E-state index in [9.17, 15) is 0 Å². The summed E-state index contributed by atoms with van der Waals surface area (Å²) in [5.74, 6) is 2.50. The summed E-state index contributed by atoms with van der Waals surface area (Å²) in [6.45, 7) is 0. The standard InChI is InChI=1S/C16H24BrNO2/c1-19-15-10-13(17)16(20-2)9-12(15)14(18)8-7-11-5-3-4-6-11/h9-11,14H,3-8,18H2,1-2H3. The van der Waals surface area contributed by atoms with Crippen molar-refractivity contribution in [2.75, 3.05) is 14.2 Å². The summed E-state index contributed by atoms with van der Waals surface area (Å²) < 4.78 is 11.7. The minimum absolute atomic E-state index is 0.00699. The Morgan fingerprint density at radius 2 is 1.85 bits per heavy atom. The van der Waals surface area contributed by atoms with E-state index in [-0.39, 0.29) is 6.04 Å². The third kappa shape index (κ3) is 3.67. The van der Waals surface area contributed by atoms with E-state index in [1.54, 1.807) is 14.2 Å². The summed E-state index contributed by atoms with van der Waals surface area (Å²) in [6.07, 6.45) is 7.72. The van der Waals surface area contributed by atoms with Crippen LogP contribution < -0.4 is 15.2 Å². The molecule has 0 aliphatic heterocycles. The molecular formula is C16H24BrNO2. The molecule has 1 aliphatic rings. The minimum Gasteiger partial charge on any atom is -0.496 e. The lowest BCUT2D eigenvalue weighted by molar-refractivity contribution is 0.387.